The third-order valence-electron chi connectivity index (χ3n) is 3.69. The van der Waals surface area contributed by atoms with E-state index < -0.39 is 0 Å². The summed E-state index contributed by atoms with van der Waals surface area (Å²) in [6.45, 7) is 0.657. The number of carbonyl (C=O) groups is 1. The first-order chi connectivity index (χ1) is 11.2. The number of amides is 1. The molecule has 1 N–H and O–H groups in total. The molecule has 116 valence electrons. The summed E-state index contributed by atoms with van der Waals surface area (Å²) in [4.78, 5) is 16.4. The van der Waals surface area contributed by atoms with Gasteiger partial charge in [-0.3, -0.25) is 4.79 Å². The molecule has 0 fully saturated rings. The lowest BCUT2D eigenvalue weighted by atomic mass is 10.1. The number of aromatic nitrogens is 1. The molecule has 23 heavy (non-hydrogen) atoms. The highest BCUT2D eigenvalue weighted by Crippen LogP contribution is 2.17. The summed E-state index contributed by atoms with van der Waals surface area (Å²) in [7, 11) is 0. The predicted octanol–water partition coefficient (Wildman–Crippen LogP) is 4.25. The molecule has 0 aliphatic heterocycles. The van der Waals surface area contributed by atoms with E-state index in [0.29, 0.717) is 17.3 Å². The van der Waals surface area contributed by atoms with Gasteiger partial charge < -0.3 is 5.32 Å². The average Bonchev–Trinajstić information content (AvgIpc) is 2.59. The van der Waals surface area contributed by atoms with Crippen molar-refractivity contribution in [1.82, 2.24) is 10.3 Å². The molecule has 3 nitrogen and oxygen atoms in total. The van der Waals surface area contributed by atoms with Gasteiger partial charge in [0.2, 0.25) is 0 Å². The summed E-state index contributed by atoms with van der Waals surface area (Å²) >= 11 is 5.87. The van der Waals surface area contributed by atoms with Gasteiger partial charge in [-0.05, 0) is 48.7 Å². The van der Waals surface area contributed by atoms with Gasteiger partial charge in [-0.15, -0.1) is 0 Å². The summed E-state index contributed by atoms with van der Waals surface area (Å²) < 4.78 is 0. The standard InChI is InChI=1S/C19H17ClN2O/c20-18-11-9-15-13-16(8-10-17(15)22-18)19(23)21-12-4-7-14-5-2-1-3-6-14/h1-3,5-6,8-11,13H,4,7,12H2,(H,21,23). The first kappa shape index (κ1) is 15.5. The van der Waals surface area contributed by atoms with Crippen LogP contribution in [0.1, 0.15) is 22.3 Å². The van der Waals surface area contributed by atoms with Crippen LogP contribution in [0, 0.1) is 0 Å². The molecular formula is C19H17ClN2O. The Kier molecular flexibility index (Phi) is 4.89. The molecule has 0 atom stereocenters. The Hall–Kier alpha value is -2.39. The van der Waals surface area contributed by atoms with Gasteiger partial charge in [-0.25, -0.2) is 4.98 Å². The van der Waals surface area contributed by atoms with Crippen LogP contribution in [-0.4, -0.2) is 17.4 Å². The van der Waals surface area contributed by atoms with Crippen molar-refractivity contribution in [2.24, 2.45) is 0 Å². The fraction of sp³-hybridized carbons (Fsp3) is 0.158. The smallest absolute Gasteiger partial charge is 0.251 e. The number of nitrogens with one attached hydrogen (secondary N) is 1. The topological polar surface area (TPSA) is 42.0 Å². The van der Waals surface area contributed by atoms with Gasteiger partial charge in [0.1, 0.15) is 5.15 Å². The van der Waals surface area contributed by atoms with E-state index in [1.165, 1.54) is 5.56 Å². The monoisotopic (exact) mass is 324 g/mol. The minimum Gasteiger partial charge on any atom is -0.352 e. The van der Waals surface area contributed by atoms with Crippen molar-refractivity contribution >= 4 is 28.4 Å². The second-order valence-electron chi connectivity index (χ2n) is 5.39. The van der Waals surface area contributed by atoms with Gasteiger partial charge in [0.25, 0.3) is 5.91 Å². The first-order valence-electron chi connectivity index (χ1n) is 7.61. The van der Waals surface area contributed by atoms with E-state index in [2.05, 4.69) is 22.4 Å². The second-order valence-corrected chi connectivity index (χ2v) is 5.77. The number of rotatable bonds is 5. The zero-order chi connectivity index (χ0) is 16.1. The highest BCUT2D eigenvalue weighted by molar-refractivity contribution is 6.29. The lowest BCUT2D eigenvalue weighted by Gasteiger charge is -2.06. The second kappa shape index (κ2) is 7.25. The Morgan fingerprint density at radius 1 is 1.04 bits per heavy atom. The highest BCUT2D eigenvalue weighted by atomic mass is 35.5. The number of pyridine rings is 1. The molecule has 0 radical (unpaired) electrons. The van der Waals surface area contributed by atoms with E-state index >= 15 is 0 Å². The average molecular weight is 325 g/mol. The molecule has 0 saturated carbocycles. The van der Waals surface area contributed by atoms with Gasteiger partial charge in [0.05, 0.1) is 5.52 Å². The van der Waals surface area contributed by atoms with Crippen LogP contribution in [0.5, 0.6) is 0 Å². The number of halogens is 1. The number of aryl methyl sites for hydroxylation is 1. The maximum absolute atomic E-state index is 12.2. The zero-order valence-corrected chi connectivity index (χ0v) is 13.4. The number of carbonyl (C=O) groups excluding carboxylic acids is 1. The van der Waals surface area contributed by atoms with Crippen molar-refractivity contribution in [3.63, 3.8) is 0 Å². The number of hydrogen-bond donors (Lipinski definition) is 1. The first-order valence-corrected chi connectivity index (χ1v) is 7.98. The highest BCUT2D eigenvalue weighted by Gasteiger charge is 2.06. The van der Waals surface area contributed by atoms with E-state index in [1.54, 1.807) is 12.1 Å². The van der Waals surface area contributed by atoms with Crippen molar-refractivity contribution in [2.45, 2.75) is 12.8 Å². The normalized spacial score (nSPS) is 10.7. The van der Waals surface area contributed by atoms with E-state index in [0.717, 1.165) is 23.7 Å². The van der Waals surface area contributed by atoms with E-state index in [9.17, 15) is 4.79 Å². The van der Waals surface area contributed by atoms with E-state index in [4.69, 9.17) is 11.6 Å². The van der Waals surface area contributed by atoms with Gasteiger partial charge in [0.15, 0.2) is 0 Å². The lowest BCUT2D eigenvalue weighted by Crippen LogP contribution is -2.24. The Balaban J connectivity index is 1.57. The molecule has 3 aromatic rings. The Morgan fingerprint density at radius 3 is 2.70 bits per heavy atom. The number of hydrogen-bond acceptors (Lipinski definition) is 2. The minimum absolute atomic E-state index is 0.0603. The Morgan fingerprint density at radius 2 is 1.87 bits per heavy atom. The molecule has 0 unspecified atom stereocenters. The van der Waals surface area contributed by atoms with Crippen molar-refractivity contribution in [3.8, 4) is 0 Å². The van der Waals surface area contributed by atoms with Crippen LogP contribution < -0.4 is 5.32 Å². The largest absolute Gasteiger partial charge is 0.352 e. The fourth-order valence-electron chi connectivity index (χ4n) is 2.48. The molecule has 1 amide bonds. The SMILES string of the molecule is O=C(NCCCc1ccccc1)c1ccc2nc(Cl)ccc2c1. The number of fused-ring (bicyclic) bond motifs is 1. The summed E-state index contributed by atoms with van der Waals surface area (Å²) in [6.07, 6.45) is 1.88. The molecule has 0 aliphatic carbocycles. The molecule has 0 aliphatic rings. The van der Waals surface area contributed by atoms with Crippen LogP contribution in [0.2, 0.25) is 5.15 Å². The van der Waals surface area contributed by atoms with Crippen LogP contribution in [0.25, 0.3) is 10.9 Å². The van der Waals surface area contributed by atoms with Crippen LogP contribution in [0.3, 0.4) is 0 Å². The van der Waals surface area contributed by atoms with Crippen LogP contribution >= 0.6 is 11.6 Å². The number of nitrogens with zero attached hydrogens (tertiary/aromatic N) is 1. The van der Waals surface area contributed by atoms with Gasteiger partial charge in [0, 0.05) is 17.5 Å². The lowest BCUT2D eigenvalue weighted by molar-refractivity contribution is 0.0953. The summed E-state index contributed by atoms with van der Waals surface area (Å²) in [6, 6.07) is 19.3. The molecule has 3 rings (SSSR count). The Labute approximate surface area is 140 Å². The minimum atomic E-state index is -0.0603. The summed E-state index contributed by atoms with van der Waals surface area (Å²) in [5.74, 6) is -0.0603. The summed E-state index contributed by atoms with van der Waals surface area (Å²) in [5.41, 5.74) is 2.72. The van der Waals surface area contributed by atoms with Crippen LogP contribution in [-0.2, 0) is 6.42 Å². The van der Waals surface area contributed by atoms with Crippen molar-refractivity contribution in [1.29, 1.82) is 0 Å². The molecule has 1 aromatic heterocycles. The maximum Gasteiger partial charge on any atom is 0.251 e. The molecule has 0 saturated heterocycles. The van der Waals surface area contributed by atoms with Crippen molar-refractivity contribution < 1.29 is 4.79 Å². The third-order valence-corrected chi connectivity index (χ3v) is 3.90. The zero-order valence-electron chi connectivity index (χ0n) is 12.6. The molecule has 1 heterocycles. The number of benzene rings is 2. The van der Waals surface area contributed by atoms with Gasteiger partial charge in [-0.2, -0.15) is 0 Å². The predicted molar refractivity (Wildman–Crippen MR) is 93.8 cm³/mol. The quantitative estimate of drug-likeness (QED) is 0.563. The van der Waals surface area contributed by atoms with Gasteiger partial charge in [-0.1, -0.05) is 41.9 Å². The Bertz CT molecular complexity index is 818. The van der Waals surface area contributed by atoms with Crippen molar-refractivity contribution in [3.05, 3.63) is 76.9 Å². The summed E-state index contributed by atoms with van der Waals surface area (Å²) in [5, 5.41) is 4.32. The van der Waals surface area contributed by atoms with E-state index in [-0.39, 0.29) is 5.91 Å². The van der Waals surface area contributed by atoms with Crippen molar-refractivity contribution in [2.75, 3.05) is 6.54 Å². The molecule has 0 spiro atoms. The molecule has 0 bridgehead atoms. The third kappa shape index (κ3) is 4.08. The fourth-order valence-corrected chi connectivity index (χ4v) is 2.64. The molecule has 2 aromatic carbocycles. The van der Waals surface area contributed by atoms with Crippen LogP contribution in [0.15, 0.2) is 60.7 Å². The maximum atomic E-state index is 12.2. The van der Waals surface area contributed by atoms with Gasteiger partial charge >= 0.3 is 0 Å². The molecule has 4 heteroatoms. The van der Waals surface area contributed by atoms with Crippen LogP contribution in [0.4, 0.5) is 0 Å². The molecular weight excluding hydrogens is 308 g/mol. The van der Waals surface area contributed by atoms with E-state index in [1.807, 2.05) is 36.4 Å².